The minimum absolute atomic E-state index is 0. The van der Waals surface area contributed by atoms with Gasteiger partial charge < -0.3 is 15.1 Å². The van der Waals surface area contributed by atoms with Crippen LogP contribution in [0.25, 0.3) is 0 Å². The van der Waals surface area contributed by atoms with Gasteiger partial charge in [-0.15, -0.1) is 12.4 Å². The van der Waals surface area contributed by atoms with Gasteiger partial charge in [-0.05, 0) is 38.8 Å². The number of hydrogen-bond donors (Lipinski definition) is 1. The Morgan fingerprint density at radius 3 is 2.42 bits per heavy atom. The fourth-order valence-corrected chi connectivity index (χ4v) is 3.45. The summed E-state index contributed by atoms with van der Waals surface area (Å²) < 4.78 is 0. The Labute approximate surface area is 122 Å². The van der Waals surface area contributed by atoms with Crippen LogP contribution in [0.4, 0.5) is 0 Å². The van der Waals surface area contributed by atoms with Crippen molar-refractivity contribution in [1.29, 1.82) is 0 Å². The van der Waals surface area contributed by atoms with Crippen LogP contribution in [0.2, 0.25) is 0 Å². The number of halogens is 1. The highest BCUT2D eigenvalue weighted by Crippen LogP contribution is 2.23. The van der Waals surface area contributed by atoms with Crippen molar-refractivity contribution in [2.24, 2.45) is 5.92 Å². The number of amides is 1. The van der Waals surface area contributed by atoms with Crippen molar-refractivity contribution in [1.82, 2.24) is 15.1 Å². The first-order valence-electron chi connectivity index (χ1n) is 7.58. The van der Waals surface area contributed by atoms with Gasteiger partial charge in [0.15, 0.2) is 0 Å². The highest BCUT2D eigenvalue weighted by Gasteiger charge is 2.36. The van der Waals surface area contributed by atoms with E-state index >= 15 is 0 Å². The molecule has 3 heterocycles. The van der Waals surface area contributed by atoms with Crippen LogP contribution in [-0.2, 0) is 4.79 Å². The van der Waals surface area contributed by atoms with E-state index < -0.39 is 0 Å². The molecule has 5 heteroatoms. The molecule has 19 heavy (non-hydrogen) atoms. The molecule has 4 nitrogen and oxygen atoms in total. The van der Waals surface area contributed by atoms with E-state index in [2.05, 4.69) is 15.1 Å². The molecule has 0 aliphatic carbocycles. The molecule has 3 aliphatic rings. The van der Waals surface area contributed by atoms with Gasteiger partial charge in [-0.1, -0.05) is 6.42 Å². The number of piperidine rings is 1. The number of nitrogens with zero attached hydrogens (tertiary/aromatic N) is 2. The van der Waals surface area contributed by atoms with Gasteiger partial charge in [0, 0.05) is 32.2 Å². The van der Waals surface area contributed by atoms with E-state index in [9.17, 15) is 4.79 Å². The van der Waals surface area contributed by atoms with Crippen molar-refractivity contribution < 1.29 is 4.79 Å². The Balaban J connectivity index is 0.00000133. The monoisotopic (exact) mass is 287 g/mol. The largest absolute Gasteiger partial charge is 0.338 e. The zero-order valence-electron chi connectivity index (χ0n) is 11.6. The van der Waals surface area contributed by atoms with E-state index in [1.165, 1.54) is 45.2 Å². The fraction of sp³-hybridized carbons (Fsp3) is 0.929. The molecule has 1 amide bonds. The number of rotatable bonds is 3. The summed E-state index contributed by atoms with van der Waals surface area (Å²) in [5.74, 6) is 0.681. The summed E-state index contributed by atoms with van der Waals surface area (Å²) in [5.41, 5.74) is 0. The third-order valence-corrected chi connectivity index (χ3v) is 4.71. The lowest BCUT2D eigenvalue weighted by Gasteiger charge is -2.36. The molecule has 0 spiro atoms. The molecule has 0 bridgehead atoms. The number of likely N-dealkylation sites (tertiary alicyclic amines) is 2. The van der Waals surface area contributed by atoms with E-state index in [1.54, 1.807) is 0 Å². The lowest BCUT2D eigenvalue weighted by molar-refractivity contribution is -0.138. The maximum Gasteiger partial charge on any atom is 0.228 e. The van der Waals surface area contributed by atoms with Crippen molar-refractivity contribution >= 4 is 18.3 Å². The zero-order chi connectivity index (χ0) is 12.4. The quantitative estimate of drug-likeness (QED) is 0.844. The number of nitrogens with one attached hydrogen (secondary N) is 1. The molecular formula is C14H26ClN3O. The average Bonchev–Trinajstić information content (AvgIpc) is 2.76. The Morgan fingerprint density at radius 2 is 1.79 bits per heavy atom. The van der Waals surface area contributed by atoms with E-state index in [-0.39, 0.29) is 18.3 Å². The van der Waals surface area contributed by atoms with Gasteiger partial charge in [0.25, 0.3) is 0 Å². The summed E-state index contributed by atoms with van der Waals surface area (Å²) in [5, 5.41) is 3.20. The SMILES string of the molecule is Cl.O=C(C1CNC1)N1CCCC1CN1CCCCC1. The standard InChI is InChI=1S/C14H25N3O.ClH/c18-14(12-9-15-10-12)17-8-4-5-13(17)11-16-6-2-1-3-7-16;/h12-13,15H,1-11H2;1H. The molecule has 0 aromatic heterocycles. The number of carbonyl (C=O) groups is 1. The third-order valence-electron chi connectivity index (χ3n) is 4.71. The predicted octanol–water partition coefficient (Wildman–Crippen LogP) is 1.10. The van der Waals surface area contributed by atoms with Gasteiger partial charge in [0.1, 0.15) is 0 Å². The topological polar surface area (TPSA) is 35.6 Å². The highest BCUT2D eigenvalue weighted by atomic mass is 35.5. The van der Waals surface area contributed by atoms with E-state index in [0.717, 1.165) is 26.2 Å². The summed E-state index contributed by atoms with van der Waals surface area (Å²) >= 11 is 0. The van der Waals surface area contributed by atoms with E-state index in [4.69, 9.17) is 0 Å². The van der Waals surface area contributed by atoms with Crippen molar-refractivity contribution in [3.63, 3.8) is 0 Å². The molecule has 0 saturated carbocycles. The van der Waals surface area contributed by atoms with Gasteiger partial charge in [0.2, 0.25) is 5.91 Å². The maximum atomic E-state index is 12.3. The van der Waals surface area contributed by atoms with E-state index in [1.807, 2.05) is 0 Å². The predicted molar refractivity (Wildman–Crippen MR) is 78.6 cm³/mol. The summed E-state index contributed by atoms with van der Waals surface area (Å²) in [4.78, 5) is 17.1. The molecule has 3 fully saturated rings. The molecule has 3 aliphatic heterocycles. The van der Waals surface area contributed by atoms with Crippen LogP contribution < -0.4 is 5.32 Å². The molecule has 1 atom stereocenters. The summed E-state index contributed by atoms with van der Waals surface area (Å²) in [6, 6.07) is 0.496. The molecular weight excluding hydrogens is 262 g/mol. The molecule has 3 saturated heterocycles. The first kappa shape index (κ1) is 15.1. The van der Waals surface area contributed by atoms with E-state index in [0.29, 0.717) is 11.9 Å². The van der Waals surface area contributed by atoms with Crippen LogP contribution in [0.3, 0.4) is 0 Å². The van der Waals surface area contributed by atoms with Gasteiger partial charge >= 0.3 is 0 Å². The third kappa shape index (κ3) is 3.41. The van der Waals surface area contributed by atoms with Crippen LogP contribution in [-0.4, -0.2) is 61.0 Å². The normalized spacial score (nSPS) is 28.8. The van der Waals surface area contributed by atoms with Gasteiger partial charge in [-0.3, -0.25) is 4.79 Å². The Kier molecular flexibility index (Phi) is 5.48. The lowest BCUT2D eigenvalue weighted by atomic mass is 10.0. The Bertz CT molecular complexity index is 303. The zero-order valence-corrected chi connectivity index (χ0v) is 12.5. The second-order valence-corrected chi connectivity index (χ2v) is 6.04. The van der Waals surface area contributed by atoms with Crippen LogP contribution in [0.15, 0.2) is 0 Å². The molecule has 1 N–H and O–H groups in total. The molecule has 0 aromatic rings. The number of hydrogen-bond acceptors (Lipinski definition) is 3. The molecule has 110 valence electrons. The van der Waals surface area contributed by atoms with Crippen LogP contribution >= 0.6 is 12.4 Å². The van der Waals surface area contributed by atoms with Crippen LogP contribution in [0, 0.1) is 5.92 Å². The fourth-order valence-electron chi connectivity index (χ4n) is 3.45. The average molecular weight is 288 g/mol. The van der Waals surface area contributed by atoms with Crippen molar-refractivity contribution in [3.8, 4) is 0 Å². The lowest BCUT2D eigenvalue weighted by Crippen LogP contribution is -2.54. The van der Waals surface area contributed by atoms with Crippen molar-refractivity contribution in [2.75, 3.05) is 39.3 Å². The molecule has 3 rings (SSSR count). The first-order chi connectivity index (χ1) is 8.84. The van der Waals surface area contributed by atoms with Crippen molar-refractivity contribution in [3.05, 3.63) is 0 Å². The molecule has 1 unspecified atom stereocenters. The minimum Gasteiger partial charge on any atom is -0.338 e. The minimum atomic E-state index is 0. The van der Waals surface area contributed by atoms with Crippen molar-refractivity contribution in [2.45, 2.75) is 38.1 Å². The summed E-state index contributed by atoms with van der Waals surface area (Å²) in [6.45, 7) is 6.38. The highest BCUT2D eigenvalue weighted by molar-refractivity contribution is 5.85. The summed E-state index contributed by atoms with van der Waals surface area (Å²) in [7, 11) is 0. The summed E-state index contributed by atoms with van der Waals surface area (Å²) in [6.07, 6.45) is 6.48. The van der Waals surface area contributed by atoms with Gasteiger partial charge in [-0.25, -0.2) is 0 Å². The first-order valence-corrected chi connectivity index (χ1v) is 7.58. The van der Waals surface area contributed by atoms with Crippen LogP contribution in [0.1, 0.15) is 32.1 Å². The second kappa shape index (κ2) is 6.91. The molecule has 0 radical (unpaired) electrons. The van der Waals surface area contributed by atoms with Crippen LogP contribution in [0.5, 0.6) is 0 Å². The van der Waals surface area contributed by atoms with Gasteiger partial charge in [0.05, 0.1) is 5.92 Å². The smallest absolute Gasteiger partial charge is 0.228 e. The molecule has 0 aromatic carbocycles. The number of carbonyl (C=O) groups excluding carboxylic acids is 1. The Hall–Kier alpha value is -0.320. The Morgan fingerprint density at radius 1 is 1.05 bits per heavy atom. The van der Waals surface area contributed by atoms with Gasteiger partial charge in [-0.2, -0.15) is 0 Å². The second-order valence-electron chi connectivity index (χ2n) is 6.04. The maximum absolute atomic E-state index is 12.3.